The fraction of sp³-hybridized carbons (Fsp3) is 0.118. The van der Waals surface area contributed by atoms with Gasteiger partial charge < -0.3 is 4.98 Å². The maximum atomic E-state index is 12.0. The van der Waals surface area contributed by atoms with Crippen molar-refractivity contribution < 1.29 is 4.79 Å². The molecule has 2 aromatic heterocycles. The molecule has 3 rings (SSSR count). The minimum atomic E-state index is -0.295. The van der Waals surface area contributed by atoms with Gasteiger partial charge >= 0.3 is 0 Å². The number of rotatable bonds is 5. The van der Waals surface area contributed by atoms with Crippen molar-refractivity contribution in [1.29, 1.82) is 0 Å². The van der Waals surface area contributed by atoms with Crippen LogP contribution in [0.2, 0.25) is 0 Å². The summed E-state index contributed by atoms with van der Waals surface area (Å²) in [5.41, 5.74) is 4.48. The molecular weight excluding hydrogens is 306 g/mol. The van der Waals surface area contributed by atoms with E-state index in [2.05, 4.69) is 25.5 Å². The van der Waals surface area contributed by atoms with Gasteiger partial charge in [0.05, 0.1) is 22.9 Å². The van der Waals surface area contributed by atoms with Crippen LogP contribution in [0.4, 0.5) is 0 Å². The Kier molecular flexibility index (Phi) is 4.71. The molecule has 2 heterocycles. The molecule has 24 heavy (non-hydrogen) atoms. The van der Waals surface area contributed by atoms with E-state index in [4.69, 9.17) is 0 Å². The lowest BCUT2D eigenvalue weighted by Crippen LogP contribution is -2.21. The lowest BCUT2D eigenvalue weighted by atomic mass is 10.2. The van der Waals surface area contributed by atoms with Crippen molar-refractivity contribution >= 4 is 23.2 Å². The third kappa shape index (κ3) is 3.89. The van der Waals surface area contributed by atoms with Gasteiger partial charge in [0.2, 0.25) is 5.91 Å². The first-order chi connectivity index (χ1) is 11.7. The van der Waals surface area contributed by atoms with Crippen LogP contribution in [0.25, 0.3) is 11.0 Å². The van der Waals surface area contributed by atoms with Crippen molar-refractivity contribution in [2.45, 2.75) is 12.8 Å². The number of hydrazone groups is 1. The molecule has 3 aromatic rings. The summed E-state index contributed by atoms with van der Waals surface area (Å²) in [7, 11) is 0. The first-order valence-electron chi connectivity index (χ1n) is 7.43. The largest absolute Gasteiger partial charge is 0.319 e. The molecule has 0 unspecified atom stereocenters. The van der Waals surface area contributed by atoms with Gasteiger partial charge in [0.1, 0.15) is 5.69 Å². The molecule has 0 atom stereocenters. The van der Waals surface area contributed by atoms with E-state index in [0.717, 1.165) is 0 Å². The molecule has 0 saturated carbocycles. The Hall–Kier alpha value is -3.35. The number of amides is 1. The number of benzene rings is 1. The monoisotopic (exact) mass is 321 g/mol. The number of aryl methyl sites for hydroxylation is 1. The van der Waals surface area contributed by atoms with Crippen molar-refractivity contribution in [3.05, 3.63) is 70.4 Å². The van der Waals surface area contributed by atoms with E-state index in [-0.39, 0.29) is 24.3 Å². The highest BCUT2D eigenvalue weighted by Gasteiger charge is 2.07. The second kappa shape index (κ2) is 7.28. The Balaban J connectivity index is 1.59. The van der Waals surface area contributed by atoms with Gasteiger partial charge in [-0.3, -0.25) is 14.6 Å². The molecule has 0 radical (unpaired) electrons. The number of fused-ring (bicyclic) bond motifs is 1. The average Bonchev–Trinajstić information content (AvgIpc) is 2.61. The van der Waals surface area contributed by atoms with E-state index in [1.165, 1.54) is 6.21 Å². The number of nitrogens with zero attached hydrogens (tertiary/aromatic N) is 3. The van der Waals surface area contributed by atoms with E-state index in [1.807, 2.05) is 24.3 Å². The summed E-state index contributed by atoms with van der Waals surface area (Å²) in [5.74, 6) is -0.295. The summed E-state index contributed by atoms with van der Waals surface area (Å²) in [5, 5.41) is 3.83. The Morgan fingerprint density at radius 3 is 2.88 bits per heavy atom. The lowest BCUT2D eigenvalue weighted by molar-refractivity contribution is -0.121. The van der Waals surface area contributed by atoms with Crippen molar-refractivity contribution in [3.8, 4) is 0 Å². The van der Waals surface area contributed by atoms with Crippen LogP contribution in [0.1, 0.15) is 17.8 Å². The van der Waals surface area contributed by atoms with E-state index in [9.17, 15) is 9.59 Å². The van der Waals surface area contributed by atoms with Gasteiger partial charge in [-0.05, 0) is 24.3 Å². The summed E-state index contributed by atoms with van der Waals surface area (Å²) in [6, 6.07) is 12.7. The Bertz CT molecular complexity index is 934. The normalized spacial score (nSPS) is 11.0. The Morgan fingerprint density at radius 1 is 1.21 bits per heavy atom. The number of hydrogen-bond donors (Lipinski definition) is 2. The SMILES string of the molecule is O=C(CCc1nc2ccccc2[nH]c1=O)N/N=C/c1ccccn1. The van der Waals surface area contributed by atoms with Crippen molar-refractivity contribution in [2.24, 2.45) is 5.10 Å². The predicted octanol–water partition coefficient (Wildman–Crippen LogP) is 1.40. The average molecular weight is 321 g/mol. The molecule has 0 aliphatic carbocycles. The van der Waals surface area contributed by atoms with Gasteiger partial charge in [0, 0.05) is 19.0 Å². The van der Waals surface area contributed by atoms with Crippen LogP contribution < -0.4 is 11.0 Å². The van der Waals surface area contributed by atoms with Crippen LogP contribution in [-0.4, -0.2) is 27.1 Å². The van der Waals surface area contributed by atoms with Gasteiger partial charge in [0.25, 0.3) is 5.56 Å². The van der Waals surface area contributed by atoms with Gasteiger partial charge in [0.15, 0.2) is 0 Å². The molecule has 0 bridgehead atoms. The molecule has 1 amide bonds. The molecular formula is C17H15N5O2. The summed E-state index contributed by atoms with van der Waals surface area (Å²) < 4.78 is 0. The number of carbonyl (C=O) groups excluding carboxylic acids is 1. The number of carbonyl (C=O) groups is 1. The third-order valence-electron chi connectivity index (χ3n) is 3.33. The predicted molar refractivity (Wildman–Crippen MR) is 90.7 cm³/mol. The molecule has 1 aromatic carbocycles. The van der Waals surface area contributed by atoms with Crippen LogP contribution in [-0.2, 0) is 11.2 Å². The molecule has 2 N–H and O–H groups in total. The highest BCUT2D eigenvalue weighted by molar-refractivity contribution is 5.81. The zero-order valence-corrected chi connectivity index (χ0v) is 12.8. The zero-order valence-electron chi connectivity index (χ0n) is 12.8. The fourth-order valence-electron chi connectivity index (χ4n) is 2.15. The molecule has 0 aliphatic rings. The number of nitrogens with one attached hydrogen (secondary N) is 2. The summed E-state index contributed by atoms with van der Waals surface area (Å²) in [4.78, 5) is 34.9. The number of para-hydroxylation sites is 2. The quantitative estimate of drug-likeness (QED) is 0.548. The highest BCUT2D eigenvalue weighted by atomic mass is 16.2. The van der Waals surface area contributed by atoms with E-state index >= 15 is 0 Å². The fourth-order valence-corrected chi connectivity index (χ4v) is 2.15. The van der Waals surface area contributed by atoms with Crippen LogP contribution >= 0.6 is 0 Å². The number of pyridine rings is 1. The smallest absolute Gasteiger partial charge is 0.270 e. The van der Waals surface area contributed by atoms with Crippen molar-refractivity contribution in [2.75, 3.05) is 0 Å². The van der Waals surface area contributed by atoms with Gasteiger partial charge in [-0.1, -0.05) is 18.2 Å². The zero-order chi connectivity index (χ0) is 16.8. The Labute approximate surface area is 137 Å². The summed E-state index contributed by atoms with van der Waals surface area (Å²) in [6.45, 7) is 0. The number of aromatic nitrogens is 3. The molecule has 7 heteroatoms. The van der Waals surface area contributed by atoms with Crippen LogP contribution in [0.5, 0.6) is 0 Å². The maximum absolute atomic E-state index is 12.0. The topological polar surface area (TPSA) is 100 Å². The van der Waals surface area contributed by atoms with E-state index in [1.54, 1.807) is 24.4 Å². The van der Waals surface area contributed by atoms with Crippen LogP contribution in [0.15, 0.2) is 58.6 Å². The maximum Gasteiger partial charge on any atom is 0.270 e. The highest BCUT2D eigenvalue weighted by Crippen LogP contribution is 2.06. The standard InChI is InChI=1S/C17H15N5O2/c23-16(22-19-11-12-5-3-4-10-18-12)9-8-15-17(24)21-14-7-2-1-6-13(14)20-15/h1-7,10-11H,8-9H2,(H,21,24)(H,22,23)/b19-11+. The van der Waals surface area contributed by atoms with Gasteiger partial charge in [-0.2, -0.15) is 5.10 Å². The second-order valence-corrected chi connectivity index (χ2v) is 5.08. The summed E-state index contributed by atoms with van der Waals surface area (Å²) in [6.07, 6.45) is 3.46. The van der Waals surface area contributed by atoms with Gasteiger partial charge in [-0.25, -0.2) is 10.4 Å². The molecule has 7 nitrogen and oxygen atoms in total. The molecule has 0 saturated heterocycles. The first-order valence-corrected chi connectivity index (χ1v) is 7.43. The Morgan fingerprint density at radius 2 is 2.04 bits per heavy atom. The van der Waals surface area contributed by atoms with E-state index < -0.39 is 0 Å². The molecule has 0 fully saturated rings. The first kappa shape index (κ1) is 15.5. The minimum Gasteiger partial charge on any atom is -0.319 e. The van der Waals surface area contributed by atoms with Crippen molar-refractivity contribution in [3.63, 3.8) is 0 Å². The number of H-pyrrole nitrogens is 1. The summed E-state index contributed by atoms with van der Waals surface area (Å²) >= 11 is 0. The third-order valence-corrected chi connectivity index (χ3v) is 3.33. The minimum absolute atomic E-state index is 0.119. The van der Waals surface area contributed by atoms with Crippen molar-refractivity contribution in [1.82, 2.24) is 20.4 Å². The second-order valence-electron chi connectivity index (χ2n) is 5.08. The number of aromatic amines is 1. The van der Waals surface area contributed by atoms with Crippen LogP contribution in [0.3, 0.4) is 0 Å². The molecule has 0 aliphatic heterocycles. The lowest BCUT2D eigenvalue weighted by Gasteiger charge is -2.02. The molecule has 0 spiro atoms. The van der Waals surface area contributed by atoms with Gasteiger partial charge in [-0.15, -0.1) is 0 Å². The van der Waals surface area contributed by atoms with E-state index in [0.29, 0.717) is 22.4 Å². The van der Waals surface area contributed by atoms with Crippen LogP contribution in [0, 0.1) is 0 Å². The molecule has 120 valence electrons. The number of hydrogen-bond acceptors (Lipinski definition) is 5.